The maximum atomic E-state index is 14.7. The number of nitrogens with zero attached hydrogens (tertiary/aromatic N) is 1. The van der Waals surface area contributed by atoms with Crippen LogP contribution in [0.5, 0.6) is 11.5 Å². The van der Waals surface area contributed by atoms with Crippen LogP contribution < -0.4 is 9.84 Å². The minimum absolute atomic E-state index is 0.125. The lowest BCUT2D eigenvalue weighted by molar-refractivity contribution is 0.270. The lowest BCUT2D eigenvalue weighted by atomic mass is 9.75. The van der Waals surface area contributed by atoms with Crippen LogP contribution in [0.25, 0.3) is 0 Å². The minimum atomic E-state index is -3.74. The van der Waals surface area contributed by atoms with Gasteiger partial charge in [0.25, 0.3) is 0 Å². The summed E-state index contributed by atoms with van der Waals surface area (Å²) in [7, 11) is -3.74. The highest BCUT2D eigenvalue weighted by Crippen LogP contribution is 2.56. The van der Waals surface area contributed by atoms with Crippen molar-refractivity contribution in [3.8, 4) is 11.5 Å². The van der Waals surface area contributed by atoms with E-state index in [4.69, 9.17) is 14.0 Å². The summed E-state index contributed by atoms with van der Waals surface area (Å²) in [6.07, 6.45) is 2.48. The minimum Gasteiger partial charge on any atom is -0.507 e. The molecule has 2 rings (SSSR count). The van der Waals surface area contributed by atoms with Crippen molar-refractivity contribution in [2.75, 3.05) is 11.9 Å². The van der Waals surface area contributed by atoms with E-state index in [0.717, 1.165) is 33.6 Å². The fraction of sp³-hybridized carbons (Fsp3) is 0.667. The molecule has 1 heterocycles. The Bertz CT molecular complexity index is 1210. The topological polar surface area (TPSA) is 80.7 Å². The molecule has 0 amide bonds. The summed E-state index contributed by atoms with van der Waals surface area (Å²) < 4.78 is 27.1. The van der Waals surface area contributed by atoms with Crippen LogP contribution in [0.2, 0.25) is 0 Å². The fourth-order valence-electron chi connectivity index (χ4n) is 5.01. The third kappa shape index (κ3) is 7.62. The summed E-state index contributed by atoms with van der Waals surface area (Å²) in [4.78, 5) is 4.74. The molecule has 0 saturated carbocycles. The molecule has 0 bridgehead atoms. The first-order valence-corrected chi connectivity index (χ1v) is 16.2. The van der Waals surface area contributed by atoms with Gasteiger partial charge >= 0.3 is 7.60 Å². The number of hydrogen-bond donors (Lipinski definition) is 2. The first kappa shape index (κ1) is 34.2. The molecule has 6 nitrogen and oxygen atoms in total. The number of anilines is 1. The van der Waals surface area contributed by atoms with Gasteiger partial charge in [0, 0.05) is 17.3 Å². The Morgan fingerprint density at radius 2 is 1.32 bits per heavy atom. The van der Waals surface area contributed by atoms with Crippen LogP contribution >= 0.6 is 7.60 Å². The van der Waals surface area contributed by atoms with Crippen molar-refractivity contribution in [1.82, 2.24) is 4.98 Å². The molecule has 2 atom stereocenters. The monoisotopic (exact) mass is 574 g/mol. The van der Waals surface area contributed by atoms with Crippen molar-refractivity contribution in [3.05, 3.63) is 46.3 Å². The highest BCUT2D eigenvalue weighted by Gasteiger charge is 2.40. The van der Waals surface area contributed by atoms with Crippen molar-refractivity contribution >= 4 is 13.3 Å². The van der Waals surface area contributed by atoms with Gasteiger partial charge in [0.2, 0.25) is 0 Å². The summed E-state index contributed by atoms with van der Waals surface area (Å²) >= 11 is 0. The van der Waals surface area contributed by atoms with E-state index >= 15 is 0 Å². The molecule has 0 aliphatic carbocycles. The highest BCUT2D eigenvalue weighted by atomic mass is 31.2. The Morgan fingerprint density at radius 1 is 0.850 bits per heavy atom. The molecule has 0 fully saturated rings. The predicted octanol–water partition coefficient (Wildman–Crippen LogP) is 9.74. The van der Waals surface area contributed by atoms with E-state index in [1.807, 2.05) is 68.5 Å². The average molecular weight is 575 g/mol. The molecule has 7 heteroatoms. The molecule has 1 aromatic carbocycles. The molecule has 2 unspecified atom stereocenters. The second kappa shape index (κ2) is 11.7. The van der Waals surface area contributed by atoms with Crippen LogP contribution in [-0.4, -0.2) is 22.5 Å². The van der Waals surface area contributed by atoms with E-state index in [-0.39, 0.29) is 34.0 Å². The largest absolute Gasteiger partial charge is 0.507 e. The summed E-state index contributed by atoms with van der Waals surface area (Å²) in [5.41, 5.74) is 4.51. The van der Waals surface area contributed by atoms with Crippen molar-refractivity contribution in [2.24, 2.45) is 0 Å². The Hall–Kier alpha value is -2.04. The van der Waals surface area contributed by atoms with Crippen LogP contribution in [0, 0.1) is 6.92 Å². The van der Waals surface area contributed by atoms with Gasteiger partial charge in [-0.15, -0.1) is 0 Å². The van der Waals surface area contributed by atoms with E-state index < -0.39 is 13.4 Å². The smallest absolute Gasteiger partial charge is 0.401 e. The standard InChI is InChI=1S/C33H55N2O4P/c1-16-26(35-28-21(3)34-20-25(32(10,11)12)27(28)33(13,14)15)40(37,38-17-2)39-22-18-23(30(4,5)6)29(36)24(19-22)31(7,8)9/h18-20,26,35-36H,16-17H2,1-15H3. The summed E-state index contributed by atoms with van der Waals surface area (Å²) in [6.45, 7) is 31.4. The zero-order valence-electron chi connectivity index (χ0n) is 27.8. The van der Waals surface area contributed by atoms with Crippen molar-refractivity contribution in [3.63, 3.8) is 0 Å². The third-order valence-corrected chi connectivity index (χ3v) is 9.49. The van der Waals surface area contributed by atoms with Gasteiger partial charge in [0.15, 0.2) is 0 Å². The zero-order chi connectivity index (χ0) is 31.1. The zero-order valence-corrected chi connectivity index (χ0v) is 28.7. The third-order valence-electron chi connectivity index (χ3n) is 7.15. The van der Waals surface area contributed by atoms with Crippen LogP contribution in [0.3, 0.4) is 0 Å². The molecule has 1 aromatic heterocycles. The van der Waals surface area contributed by atoms with Crippen LogP contribution in [0.1, 0.15) is 131 Å². The van der Waals surface area contributed by atoms with Gasteiger partial charge in [-0.2, -0.15) is 0 Å². The molecule has 0 radical (unpaired) electrons. The predicted molar refractivity (Wildman–Crippen MR) is 169 cm³/mol. The lowest BCUT2D eigenvalue weighted by Crippen LogP contribution is -2.29. The van der Waals surface area contributed by atoms with E-state index in [1.54, 1.807) is 12.1 Å². The summed E-state index contributed by atoms with van der Waals surface area (Å²) in [5, 5.41) is 14.8. The van der Waals surface area contributed by atoms with E-state index in [2.05, 4.69) is 46.9 Å². The molecule has 0 saturated heterocycles. The summed E-state index contributed by atoms with van der Waals surface area (Å²) in [5.74, 6) is 0.0625. The molecule has 226 valence electrons. The number of hydrogen-bond acceptors (Lipinski definition) is 6. The van der Waals surface area contributed by atoms with Crippen LogP contribution in [0.15, 0.2) is 18.3 Å². The van der Waals surface area contributed by atoms with Gasteiger partial charge in [-0.05, 0) is 65.2 Å². The molecule has 2 aromatic rings. The number of phenols is 1. The number of rotatable bonds is 8. The SMILES string of the molecule is CCOP(=O)(Oc1cc(C(C)(C)C)c(O)c(C(C)(C)C)c1)C(CC)Nc1c(C)ncc(C(C)(C)C)c1C(C)(C)C. The maximum absolute atomic E-state index is 14.7. The second-order valence-electron chi connectivity index (χ2n) is 15.0. The van der Waals surface area contributed by atoms with Gasteiger partial charge in [0.1, 0.15) is 17.3 Å². The number of aromatic nitrogens is 1. The molecule has 0 aliphatic rings. The van der Waals surface area contributed by atoms with Crippen molar-refractivity contribution in [1.29, 1.82) is 0 Å². The molecule has 0 spiro atoms. The molecule has 0 aliphatic heterocycles. The van der Waals surface area contributed by atoms with Crippen molar-refractivity contribution in [2.45, 2.75) is 138 Å². The average Bonchev–Trinajstić information content (AvgIpc) is 2.76. The quantitative estimate of drug-likeness (QED) is 0.306. The molecule has 40 heavy (non-hydrogen) atoms. The number of phenolic OH excluding ortho intramolecular Hbond substituents is 1. The van der Waals surface area contributed by atoms with E-state index in [1.165, 1.54) is 0 Å². The van der Waals surface area contributed by atoms with E-state index in [9.17, 15) is 9.67 Å². The maximum Gasteiger partial charge on any atom is 0.401 e. The number of aromatic hydroxyl groups is 1. The van der Waals surface area contributed by atoms with Crippen LogP contribution in [0.4, 0.5) is 5.69 Å². The van der Waals surface area contributed by atoms with Crippen LogP contribution in [-0.2, 0) is 30.7 Å². The Balaban J connectivity index is 2.74. The number of aryl methyl sites for hydroxylation is 1. The number of benzene rings is 1. The Labute approximate surface area is 244 Å². The summed E-state index contributed by atoms with van der Waals surface area (Å²) in [6, 6.07) is 3.60. The van der Waals surface area contributed by atoms with Crippen molar-refractivity contribution < 1.29 is 18.7 Å². The van der Waals surface area contributed by atoms with Gasteiger partial charge in [-0.1, -0.05) is 90.0 Å². The Kier molecular flexibility index (Phi) is 9.98. The number of pyridine rings is 1. The first-order valence-electron chi connectivity index (χ1n) is 14.6. The first-order chi connectivity index (χ1) is 18.0. The Morgan fingerprint density at radius 3 is 1.70 bits per heavy atom. The second-order valence-corrected chi connectivity index (χ2v) is 17.1. The van der Waals surface area contributed by atoms with Gasteiger partial charge in [0.05, 0.1) is 18.0 Å². The molecular weight excluding hydrogens is 519 g/mol. The van der Waals surface area contributed by atoms with Gasteiger partial charge in [-0.25, -0.2) is 4.57 Å². The highest BCUT2D eigenvalue weighted by molar-refractivity contribution is 7.55. The fourth-order valence-corrected chi connectivity index (χ4v) is 6.87. The molecule has 2 N–H and O–H groups in total. The number of nitrogens with one attached hydrogen (secondary N) is 1. The van der Waals surface area contributed by atoms with Gasteiger partial charge < -0.3 is 14.9 Å². The normalized spacial score (nSPS) is 15.5. The van der Waals surface area contributed by atoms with Gasteiger partial charge in [-0.3, -0.25) is 9.51 Å². The molecular formula is C33H55N2O4P. The van der Waals surface area contributed by atoms with E-state index in [0.29, 0.717) is 12.2 Å². The lowest BCUT2D eigenvalue weighted by Gasteiger charge is -2.35.